The van der Waals surface area contributed by atoms with Gasteiger partial charge in [-0.1, -0.05) is 85.0 Å². The summed E-state index contributed by atoms with van der Waals surface area (Å²) in [5.41, 5.74) is 6.16. The lowest BCUT2D eigenvalue weighted by atomic mass is 9.71. The van der Waals surface area contributed by atoms with Gasteiger partial charge in [0.1, 0.15) is 12.2 Å². The first kappa shape index (κ1) is 29.9. The molecule has 5 nitrogen and oxygen atoms in total. The first-order valence-electron chi connectivity index (χ1n) is 15.5. The molecule has 2 aliphatic heterocycles. The highest BCUT2D eigenvalue weighted by atomic mass is 16.5. The number of ether oxygens (including phenoxy) is 3. The molecule has 2 heterocycles. The molecule has 3 unspecified atom stereocenters. The first-order chi connectivity index (χ1) is 21.5. The molecule has 0 radical (unpaired) electrons. The fraction of sp³-hybridized carbons (Fsp3) is 0.308. The van der Waals surface area contributed by atoms with Crippen molar-refractivity contribution < 1.29 is 14.2 Å². The number of hydrogen-bond donors (Lipinski definition) is 0. The lowest BCUT2D eigenvalue weighted by molar-refractivity contribution is -0.0511. The van der Waals surface area contributed by atoms with Crippen molar-refractivity contribution in [3.8, 4) is 0 Å². The van der Waals surface area contributed by atoms with E-state index in [9.17, 15) is 0 Å². The van der Waals surface area contributed by atoms with Crippen molar-refractivity contribution in [1.82, 2.24) is 4.90 Å². The summed E-state index contributed by atoms with van der Waals surface area (Å²) < 4.78 is 18.8. The minimum Gasteiger partial charge on any atom is -0.497 e. The minimum atomic E-state index is -0.706. The molecule has 3 atom stereocenters. The Labute approximate surface area is 261 Å². The molecule has 3 aromatic carbocycles. The van der Waals surface area contributed by atoms with Crippen LogP contribution in [0.4, 0.5) is 0 Å². The van der Waals surface area contributed by atoms with Crippen molar-refractivity contribution in [1.29, 1.82) is 0 Å². The molecule has 226 valence electrons. The minimum absolute atomic E-state index is 0.122. The lowest BCUT2D eigenvalue weighted by Crippen LogP contribution is -2.38. The molecule has 0 fully saturated rings. The molecular weight excluding hydrogens is 544 g/mol. The van der Waals surface area contributed by atoms with E-state index >= 15 is 0 Å². The summed E-state index contributed by atoms with van der Waals surface area (Å²) in [7, 11) is 5.93. The monoisotopic (exact) mass is 586 g/mol. The Hall–Kier alpha value is -4.19. The molecule has 0 amide bonds. The van der Waals surface area contributed by atoms with E-state index in [-0.39, 0.29) is 11.8 Å². The molecule has 3 aliphatic rings. The van der Waals surface area contributed by atoms with Crippen LogP contribution < -0.4 is 0 Å². The van der Waals surface area contributed by atoms with E-state index in [0.717, 1.165) is 36.2 Å². The lowest BCUT2D eigenvalue weighted by Gasteiger charge is -2.41. The average molecular weight is 587 g/mol. The molecular formula is C39H42N2O3. The van der Waals surface area contributed by atoms with Crippen molar-refractivity contribution in [2.45, 2.75) is 31.3 Å². The highest BCUT2D eigenvalue weighted by molar-refractivity contribution is 5.97. The number of nitrogens with zero attached hydrogens (tertiary/aromatic N) is 2. The van der Waals surface area contributed by atoms with Crippen LogP contribution in [-0.4, -0.2) is 51.8 Å². The fourth-order valence-corrected chi connectivity index (χ4v) is 6.61. The molecule has 0 aromatic heterocycles. The van der Waals surface area contributed by atoms with Crippen molar-refractivity contribution >= 4 is 16.7 Å². The Morgan fingerprint density at radius 3 is 2.50 bits per heavy atom. The Bertz CT molecular complexity index is 1680. The molecule has 5 heteroatoms. The second-order valence-corrected chi connectivity index (χ2v) is 12.2. The summed E-state index contributed by atoms with van der Waals surface area (Å²) >= 11 is 0. The molecule has 44 heavy (non-hydrogen) atoms. The van der Waals surface area contributed by atoms with Crippen molar-refractivity contribution in [2.24, 2.45) is 10.9 Å². The second-order valence-electron chi connectivity index (χ2n) is 12.2. The Morgan fingerprint density at radius 2 is 1.75 bits per heavy atom. The van der Waals surface area contributed by atoms with Gasteiger partial charge in [-0.15, -0.1) is 0 Å². The number of rotatable bonds is 10. The highest BCUT2D eigenvalue weighted by Crippen LogP contribution is 2.48. The number of methoxy groups -OCH3 is 1. The molecule has 0 bridgehead atoms. The summed E-state index contributed by atoms with van der Waals surface area (Å²) in [6.07, 6.45) is 14.3. The van der Waals surface area contributed by atoms with Gasteiger partial charge in [0.05, 0.1) is 19.1 Å². The van der Waals surface area contributed by atoms with Crippen LogP contribution in [0.15, 0.2) is 137 Å². The predicted octanol–water partition coefficient (Wildman–Crippen LogP) is 8.09. The van der Waals surface area contributed by atoms with E-state index < -0.39 is 5.60 Å². The first-order valence-corrected chi connectivity index (χ1v) is 15.5. The van der Waals surface area contributed by atoms with Crippen LogP contribution in [0.3, 0.4) is 0 Å². The Balaban J connectivity index is 1.47. The van der Waals surface area contributed by atoms with Crippen molar-refractivity contribution in [2.75, 3.05) is 41.0 Å². The topological polar surface area (TPSA) is 43.3 Å². The maximum absolute atomic E-state index is 7.09. The third-order valence-corrected chi connectivity index (χ3v) is 8.92. The molecule has 0 saturated carbocycles. The van der Waals surface area contributed by atoms with Gasteiger partial charge in [-0.3, -0.25) is 0 Å². The van der Waals surface area contributed by atoms with Crippen LogP contribution in [0.2, 0.25) is 0 Å². The van der Waals surface area contributed by atoms with Crippen LogP contribution in [0, 0.1) is 5.92 Å². The number of fused-ring (bicyclic) bond motifs is 2. The molecule has 0 N–H and O–H groups in total. The van der Waals surface area contributed by atoms with E-state index in [1.807, 2.05) is 6.08 Å². The number of dihydropyridines is 1. The van der Waals surface area contributed by atoms with E-state index in [4.69, 9.17) is 19.2 Å². The number of benzene rings is 3. The molecule has 0 spiro atoms. The van der Waals surface area contributed by atoms with Gasteiger partial charge in [-0.25, -0.2) is 4.99 Å². The number of allylic oxidation sites excluding steroid dienone is 5. The van der Waals surface area contributed by atoms with E-state index in [0.29, 0.717) is 19.1 Å². The van der Waals surface area contributed by atoms with Crippen LogP contribution in [0.5, 0.6) is 0 Å². The summed E-state index contributed by atoms with van der Waals surface area (Å²) in [6.45, 7) is 4.42. The van der Waals surface area contributed by atoms with Crippen molar-refractivity contribution in [3.05, 3.63) is 143 Å². The largest absolute Gasteiger partial charge is 0.497 e. The zero-order valence-electron chi connectivity index (χ0n) is 26.2. The molecule has 1 aliphatic carbocycles. The smallest absolute Gasteiger partial charge is 0.216 e. The van der Waals surface area contributed by atoms with Gasteiger partial charge in [0, 0.05) is 24.0 Å². The summed E-state index contributed by atoms with van der Waals surface area (Å²) in [5.74, 6) is 0.598. The zero-order chi connectivity index (χ0) is 30.5. The number of aliphatic imine (C=N–C) groups is 1. The standard InChI is InChI=1S/C39H42N2O3/c1-39(44-23-11-21-41(2)3,34-19-17-28-12-8-9-15-30(28)25-34)37(29-13-6-5-7-14-29)35-26-33-24-31(32-16-10-22-43-27-32)18-20-36(33)40-38(35)42-4/h5-10,12-20,22,25-26,33,37H,11,21,23-24,27H2,1-4H3. The van der Waals surface area contributed by atoms with Crippen LogP contribution >= 0.6 is 0 Å². The summed E-state index contributed by atoms with van der Waals surface area (Å²) in [5, 5.41) is 2.41. The number of hydrogen-bond acceptors (Lipinski definition) is 5. The fourth-order valence-electron chi connectivity index (χ4n) is 6.61. The third kappa shape index (κ3) is 6.21. The van der Waals surface area contributed by atoms with Crippen molar-refractivity contribution in [3.63, 3.8) is 0 Å². The maximum Gasteiger partial charge on any atom is 0.216 e. The Kier molecular flexibility index (Phi) is 8.96. The van der Waals surface area contributed by atoms with Gasteiger partial charge in [0.15, 0.2) is 0 Å². The van der Waals surface area contributed by atoms with Gasteiger partial charge in [0.25, 0.3) is 0 Å². The van der Waals surface area contributed by atoms with Gasteiger partial charge in [-0.2, -0.15) is 0 Å². The maximum atomic E-state index is 7.09. The van der Waals surface area contributed by atoms with E-state index in [1.165, 1.54) is 27.5 Å². The highest BCUT2D eigenvalue weighted by Gasteiger charge is 2.44. The summed E-state index contributed by atoms with van der Waals surface area (Å²) in [4.78, 5) is 7.33. The van der Waals surface area contributed by atoms with Crippen LogP contribution in [0.25, 0.3) is 10.8 Å². The molecule has 3 aromatic rings. The second kappa shape index (κ2) is 13.2. The van der Waals surface area contributed by atoms with Gasteiger partial charge < -0.3 is 19.1 Å². The van der Waals surface area contributed by atoms with Gasteiger partial charge >= 0.3 is 0 Å². The van der Waals surface area contributed by atoms with Crippen LogP contribution in [-0.2, 0) is 19.8 Å². The molecule has 6 rings (SSSR count). The van der Waals surface area contributed by atoms with Gasteiger partial charge in [0.2, 0.25) is 5.90 Å². The zero-order valence-corrected chi connectivity index (χ0v) is 26.2. The van der Waals surface area contributed by atoms with Gasteiger partial charge in [-0.05, 0) is 91.7 Å². The average Bonchev–Trinajstić information content (AvgIpc) is 3.07. The van der Waals surface area contributed by atoms with E-state index in [2.05, 4.69) is 123 Å². The SMILES string of the molecule is COC1=NC2=CC=C(C3=CC=COC3)CC2C=C1C(c1ccccc1)C(C)(OCCCN(C)C)c1ccc2ccccc2c1. The Morgan fingerprint density at radius 1 is 0.955 bits per heavy atom. The van der Waals surface area contributed by atoms with Crippen LogP contribution in [0.1, 0.15) is 36.8 Å². The predicted molar refractivity (Wildman–Crippen MR) is 180 cm³/mol. The molecule has 0 saturated heterocycles. The van der Waals surface area contributed by atoms with E-state index in [1.54, 1.807) is 13.4 Å². The third-order valence-electron chi connectivity index (χ3n) is 8.92. The summed E-state index contributed by atoms with van der Waals surface area (Å²) in [6, 6.07) is 25.9. The quantitative estimate of drug-likeness (QED) is 0.225. The normalized spacial score (nSPS) is 19.9.